The number of hydrogen-bond donors (Lipinski definition) is 1. The first kappa shape index (κ1) is 17.6. The second kappa shape index (κ2) is 7.80. The number of aromatic nitrogens is 1. The SMILES string of the molecule is CN(C)CC1(CNC(=O)c2cc(-c3ccccc3)on2)CCOCC1. The molecule has 25 heavy (non-hydrogen) atoms. The van der Waals surface area contributed by atoms with Crippen molar-refractivity contribution in [2.24, 2.45) is 5.41 Å². The zero-order valence-corrected chi connectivity index (χ0v) is 14.8. The van der Waals surface area contributed by atoms with E-state index in [9.17, 15) is 4.79 Å². The van der Waals surface area contributed by atoms with E-state index in [4.69, 9.17) is 9.26 Å². The van der Waals surface area contributed by atoms with Gasteiger partial charge in [0.05, 0.1) is 0 Å². The number of hydrogen-bond acceptors (Lipinski definition) is 5. The Hall–Kier alpha value is -2.18. The highest BCUT2D eigenvalue weighted by Crippen LogP contribution is 2.30. The molecular formula is C19H25N3O3. The van der Waals surface area contributed by atoms with Crippen LogP contribution < -0.4 is 5.32 Å². The molecule has 0 aliphatic carbocycles. The van der Waals surface area contributed by atoms with E-state index in [2.05, 4.69) is 29.5 Å². The van der Waals surface area contributed by atoms with Gasteiger partial charge in [0.25, 0.3) is 5.91 Å². The molecule has 1 aromatic carbocycles. The highest BCUT2D eigenvalue weighted by molar-refractivity contribution is 5.93. The van der Waals surface area contributed by atoms with Crippen molar-refractivity contribution in [1.82, 2.24) is 15.4 Å². The maximum Gasteiger partial charge on any atom is 0.273 e. The number of benzene rings is 1. The Labute approximate surface area is 148 Å². The lowest BCUT2D eigenvalue weighted by Gasteiger charge is -2.39. The Balaban J connectivity index is 1.64. The fraction of sp³-hybridized carbons (Fsp3) is 0.474. The Bertz CT molecular complexity index is 691. The van der Waals surface area contributed by atoms with Crippen molar-refractivity contribution < 1.29 is 14.1 Å². The van der Waals surface area contributed by atoms with Crippen molar-refractivity contribution in [3.8, 4) is 11.3 Å². The van der Waals surface area contributed by atoms with Gasteiger partial charge in [-0.3, -0.25) is 4.79 Å². The monoisotopic (exact) mass is 343 g/mol. The standard InChI is InChI=1S/C19H25N3O3/c1-22(2)14-19(8-10-24-11-9-19)13-20-18(23)16-12-17(25-21-16)15-6-4-3-5-7-15/h3-7,12H,8-11,13-14H2,1-2H3,(H,20,23). The van der Waals surface area contributed by atoms with Crippen LogP contribution in [0.25, 0.3) is 11.3 Å². The molecule has 0 bridgehead atoms. The molecule has 2 heterocycles. The number of ether oxygens (including phenoxy) is 1. The smallest absolute Gasteiger partial charge is 0.273 e. The van der Waals surface area contributed by atoms with E-state index in [-0.39, 0.29) is 11.3 Å². The largest absolute Gasteiger partial charge is 0.381 e. The Morgan fingerprint density at radius 3 is 2.64 bits per heavy atom. The first-order chi connectivity index (χ1) is 12.1. The summed E-state index contributed by atoms with van der Waals surface area (Å²) in [5, 5.41) is 6.95. The molecule has 0 atom stereocenters. The van der Waals surface area contributed by atoms with Crippen LogP contribution in [0.4, 0.5) is 0 Å². The molecule has 1 aliphatic rings. The third-order valence-corrected chi connectivity index (χ3v) is 4.63. The number of carbonyl (C=O) groups is 1. The second-order valence-electron chi connectivity index (χ2n) is 6.98. The summed E-state index contributed by atoms with van der Waals surface area (Å²) in [4.78, 5) is 14.6. The number of nitrogens with zero attached hydrogens (tertiary/aromatic N) is 2. The van der Waals surface area contributed by atoms with E-state index in [1.54, 1.807) is 6.07 Å². The lowest BCUT2D eigenvalue weighted by Crippen LogP contribution is -2.47. The molecule has 0 radical (unpaired) electrons. The van der Waals surface area contributed by atoms with Crippen molar-refractivity contribution >= 4 is 5.91 Å². The minimum Gasteiger partial charge on any atom is -0.381 e. The predicted molar refractivity (Wildman–Crippen MR) is 95.3 cm³/mol. The summed E-state index contributed by atoms with van der Waals surface area (Å²) in [5.74, 6) is 0.398. The number of amides is 1. The summed E-state index contributed by atoms with van der Waals surface area (Å²) in [6, 6.07) is 11.3. The molecule has 1 N–H and O–H groups in total. The maximum atomic E-state index is 12.5. The van der Waals surface area contributed by atoms with Gasteiger partial charge >= 0.3 is 0 Å². The van der Waals surface area contributed by atoms with E-state index in [1.165, 1.54) is 0 Å². The quantitative estimate of drug-likeness (QED) is 0.872. The molecule has 1 amide bonds. The lowest BCUT2D eigenvalue weighted by atomic mass is 9.79. The normalized spacial score (nSPS) is 16.8. The van der Waals surface area contributed by atoms with Gasteiger partial charge in [0, 0.05) is 43.3 Å². The molecule has 0 saturated carbocycles. The first-order valence-corrected chi connectivity index (χ1v) is 8.61. The Kier molecular flexibility index (Phi) is 5.50. The van der Waals surface area contributed by atoms with Gasteiger partial charge < -0.3 is 19.5 Å². The molecule has 6 heteroatoms. The lowest BCUT2D eigenvalue weighted by molar-refractivity contribution is 0.00281. The topological polar surface area (TPSA) is 67.6 Å². The molecule has 2 aromatic rings. The maximum absolute atomic E-state index is 12.5. The van der Waals surface area contributed by atoms with Crippen molar-refractivity contribution in [2.45, 2.75) is 12.8 Å². The van der Waals surface area contributed by atoms with Gasteiger partial charge in [-0.15, -0.1) is 0 Å². The highest BCUT2D eigenvalue weighted by Gasteiger charge is 2.33. The third kappa shape index (κ3) is 4.46. The van der Waals surface area contributed by atoms with Gasteiger partial charge in [0.2, 0.25) is 0 Å². The minimum absolute atomic E-state index is 0.0450. The van der Waals surface area contributed by atoms with E-state index in [1.807, 2.05) is 30.3 Å². The summed E-state index contributed by atoms with van der Waals surface area (Å²) in [7, 11) is 4.12. The molecule has 0 spiro atoms. The van der Waals surface area contributed by atoms with E-state index < -0.39 is 0 Å². The summed E-state index contributed by atoms with van der Waals surface area (Å²) < 4.78 is 10.8. The first-order valence-electron chi connectivity index (χ1n) is 8.61. The van der Waals surface area contributed by atoms with Crippen LogP contribution in [0.3, 0.4) is 0 Å². The highest BCUT2D eigenvalue weighted by atomic mass is 16.5. The van der Waals surface area contributed by atoms with Gasteiger partial charge in [-0.1, -0.05) is 35.5 Å². The van der Waals surface area contributed by atoms with Gasteiger partial charge in [-0.2, -0.15) is 0 Å². The average molecular weight is 343 g/mol. The predicted octanol–water partition coefficient (Wildman–Crippen LogP) is 2.43. The number of rotatable bonds is 6. The summed E-state index contributed by atoms with van der Waals surface area (Å²) in [6.07, 6.45) is 1.89. The van der Waals surface area contributed by atoms with Gasteiger partial charge in [0.15, 0.2) is 11.5 Å². The van der Waals surface area contributed by atoms with Gasteiger partial charge in [0.1, 0.15) is 0 Å². The summed E-state index contributed by atoms with van der Waals surface area (Å²) >= 11 is 0. The number of carbonyl (C=O) groups excluding carboxylic acids is 1. The van der Waals surface area contributed by atoms with E-state index >= 15 is 0 Å². The molecule has 3 rings (SSSR count). The van der Waals surface area contributed by atoms with Crippen LogP contribution in [0, 0.1) is 5.41 Å². The zero-order valence-electron chi connectivity index (χ0n) is 14.8. The average Bonchev–Trinajstić information content (AvgIpc) is 3.11. The van der Waals surface area contributed by atoms with Crippen LogP contribution in [0.1, 0.15) is 23.3 Å². The second-order valence-corrected chi connectivity index (χ2v) is 6.98. The van der Waals surface area contributed by atoms with Crippen LogP contribution in [0.5, 0.6) is 0 Å². The zero-order chi connectivity index (χ0) is 17.7. The van der Waals surface area contributed by atoms with Crippen LogP contribution in [0.15, 0.2) is 40.9 Å². The van der Waals surface area contributed by atoms with Crippen LogP contribution in [0.2, 0.25) is 0 Å². The Morgan fingerprint density at radius 2 is 1.96 bits per heavy atom. The molecule has 1 fully saturated rings. The van der Waals surface area contributed by atoms with E-state index in [0.29, 0.717) is 18.0 Å². The number of nitrogens with one attached hydrogen (secondary N) is 1. The Morgan fingerprint density at radius 1 is 1.24 bits per heavy atom. The van der Waals surface area contributed by atoms with Gasteiger partial charge in [-0.25, -0.2) is 0 Å². The molecule has 6 nitrogen and oxygen atoms in total. The van der Waals surface area contributed by atoms with Crippen LogP contribution >= 0.6 is 0 Å². The molecule has 134 valence electrons. The summed E-state index contributed by atoms with van der Waals surface area (Å²) in [5.41, 5.74) is 1.26. The van der Waals surface area contributed by atoms with Gasteiger partial charge in [-0.05, 0) is 26.9 Å². The molecule has 1 aliphatic heterocycles. The van der Waals surface area contributed by atoms with Crippen molar-refractivity contribution in [3.63, 3.8) is 0 Å². The fourth-order valence-electron chi connectivity index (χ4n) is 3.35. The molecular weight excluding hydrogens is 318 g/mol. The van der Waals surface area contributed by atoms with E-state index in [0.717, 1.165) is 38.2 Å². The van der Waals surface area contributed by atoms with Crippen molar-refractivity contribution in [2.75, 3.05) is 40.4 Å². The van der Waals surface area contributed by atoms with Crippen molar-refractivity contribution in [1.29, 1.82) is 0 Å². The molecule has 1 saturated heterocycles. The van der Waals surface area contributed by atoms with Crippen LogP contribution in [-0.2, 0) is 4.74 Å². The third-order valence-electron chi connectivity index (χ3n) is 4.63. The molecule has 0 unspecified atom stereocenters. The minimum atomic E-state index is -0.199. The molecule has 1 aromatic heterocycles. The fourth-order valence-corrected chi connectivity index (χ4v) is 3.35. The van der Waals surface area contributed by atoms with Crippen LogP contribution in [-0.4, -0.2) is 56.4 Å². The van der Waals surface area contributed by atoms with Crippen molar-refractivity contribution in [3.05, 3.63) is 42.1 Å². The summed E-state index contributed by atoms with van der Waals surface area (Å²) in [6.45, 7) is 3.02.